The number of phosphoric acid groups is 3. The Morgan fingerprint density at radius 3 is 2.43 bits per heavy atom. The van der Waals surface area contributed by atoms with Crippen LogP contribution in [0.5, 0.6) is 0 Å². The lowest BCUT2D eigenvalue weighted by atomic mass is 10.2. The smallest absolute Gasteiger partial charge is 0.361 e. The summed E-state index contributed by atoms with van der Waals surface area (Å²) in [5.74, 6) is 0. The maximum atomic E-state index is 12.2. The van der Waals surface area contributed by atoms with E-state index >= 15 is 0 Å². The van der Waals surface area contributed by atoms with Gasteiger partial charge in [-0.25, -0.2) is 18.5 Å². The molecule has 0 bridgehead atoms. The number of rotatable bonds is 13. The molecule has 4 N–H and O–H groups in total. The predicted molar refractivity (Wildman–Crippen MR) is 125 cm³/mol. The van der Waals surface area contributed by atoms with Crippen LogP contribution in [-0.2, 0) is 40.8 Å². The first kappa shape index (κ1) is 30.9. The largest absolute Gasteiger partial charge is 0.490 e. The maximum Gasteiger partial charge on any atom is 0.490 e. The third-order valence-corrected chi connectivity index (χ3v) is 10.5. The average Bonchev–Trinajstić information content (AvgIpc) is 3.10. The van der Waals surface area contributed by atoms with Gasteiger partial charge in [0, 0.05) is 25.3 Å². The minimum Gasteiger partial charge on any atom is -0.361 e. The monoisotopic (exact) mass is 602 g/mol. The van der Waals surface area contributed by atoms with Crippen LogP contribution < -0.4 is 11.2 Å². The van der Waals surface area contributed by atoms with Crippen molar-refractivity contribution in [2.75, 3.05) is 20.0 Å². The standard InChI is InChI=1S/C14H25N2O14P3S2/c1-8-6-16(14(18)15-13(8)17)12-5-10(27-9(2)35-34-4)11(28-12)7-26-32(21,22)30-33(23,24)29-31(19,20)25-3/h6,9-12H,5,7H2,1-4H3,(H,19,20)(H,21,22)(H,23,24)(H,15,17,18)/t9-,10?,11-,12-/m1/s1. The summed E-state index contributed by atoms with van der Waals surface area (Å²) in [6, 6.07) is 0. The van der Waals surface area contributed by atoms with E-state index in [1.165, 1.54) is 34.7 Å². The van der Waals surface area contributed by atoms with Crippen molar-refractivity contribution >= 4 is 45.1 Å². The zero-order chi connectivity index (χ0) is 26.6. The fraction of sp³-hybridized carbons (Fsp3) is 0.714. The summed E-state index contributed by atoms with van der Waals surface area (Å²) in [6.07, 6.45) is 0.390. The zero-order valence-corrected chi connectivity index (χ0v) is 23.1. The van der Waals surface area contributed by atoms with E-state index in [9.17, 15) is 33.1 Å². The van der Waals surface area contributed by atoms with Gasteiger partial charge in [-0.05, 0) is 20.1 Å². The quantitative estimate of drug-likeness (QED) is 0.144. The summed E-state index contributed by atoms with van der Waals surface area (Å²) < 4.78 is 64.5. The zero-order valence-electron chi connectivity index (χ0n) is 18.7. The van der Waals surface area contributed by atoms with Crippen molar-refractivity contribution in [2.45, 2.75) is 44.1 Å². The highest BCUT2D eigenvalue weighted by atomic mass is 33.1. The second kappa shape index (κ2) is 12.5. The summed E-state index contributed by atoms with van der Waals surface area (Å²) >= 11 is 0. The van der Waals surface area contributed by atoms with Crippen molar-refractivity contribution in [2.24, 2.45) is 0 Å². The Kier molecular flexibility index (Phi) is 11.0. The summed E-state index contributed by atoms with van der Waals surface area (Å²) in [6.45, 7) is 2.51. The Bertz CT molecular complexity index is 1140. The van der Waals surface area contributed by atoms with Gasteiger partial charge in [-0.1, -0.05) is 21.6 Å². The van der Waals surface area contributed by atoms with E-state index in [4.69, 9.17) is 18.9 Å². The number of ether oxygens (including phenoxy) is 2. The van der Waals surface area contributed by atoms with Crippen LogP contribution in [0.4, 0.5) is 0 Å². The molecule has 1 aromatic rings. The van der Waals surface area contributed by atoms with Gasteiger partial charge in [0.1, 0.15) is 17.8 Å². The fourth-order valence-electron chi connectivity index (χ4n) is 2.87. The van der Waals surface area contributed by atoms with Gasteiger partial charge in [-0.15, -0.1) is 0 Å². The van der Waals surface area contributed by atoms with Crippen LogP contribution in [0, 0.1) is 6.92 Å². The number of hydrogen-bond acceptors (Lipinski definition) is 13. The molecule has 0 saturated carbocycles. The molecule has 0 amide bonds. The van der Waals surface area contributed by atoms with Gasteiger partial charge in [-0.3, -0.25) is 23.4 Å². The van der Waals surface area contributed by atoms with Gasteiger partial charge >= 0.3 is 29.2 Å². The van der Waals surface area contributed by atoms with Gasteiger partial charge in [0.05, 0.1) is 12.7 Å². The van der Waals surface area contributed by atoms with Crippen LogP contribution in [0.3, 0.4) is 0 Å². The molecule has 0 aliphatic carbocycles. The molecule has 202 valence electrons. The molecule has 0 aromatic carbocycles. The van der Waals surface area contributed by atoms with E-state index in [1.807, 2.05) is 6.26 Å². The number of hydrogen-bond donors (Lipinski definition) is 4. The van der Waals surface area contributed by atoms with Crippen LogP contribution >= 0.6 is 45.1 Å². The van der Waals surface area contributed by atoms with Crippen molar-refractivity contribution in [3.8, 4) is 0 Å². The highest BCUT2D eigenvalue weighted by Crippen LogP contribution is 2.67. The minimum atomic E-state index is -5.57. The van der Waals surface area contributed by atoms with E-state index in [0.29, 0.717) is 7.11 Å². The Balaban J connectivity index is 2.17. The minimum absolute atomic E-state index is 0.0818. The second-order valence-corrected chi connectivity index (χ2v) is 14.4. The number of aromatic nitrogens is 2. The molecule has 7 atom stereocenters. The number of aromatic amines is 1. The number of nitrogens with zero attached hydrogens (tertiary/aromatic N) is 1. The number of H-pyrrole nitrogens is 1. The molecule has 0 radical (unpaired) electrons. The van der Waals surface area contributed by atoms with E-state index < -0.39 is 59.8 Å². The molecule has 2 rings (SSSR count). The van der Waals surface area contributed by atoms with Gasteiger partial charge in [0.25, 0.3) is 5.56 Å². The Hall–Kier alpha value is -0.290. The molecule has 21 heteroatoms. The molecule has 0 spiro atoms. The Morgan fingerprint density at radius 2 is 1.83 bits per heavy atom. The van der Waals surface area contributed by atoms with Crippen molar-refractivity contribution in [1.29, 1.82) is 0 Å². The Morgan fingerprint density at radius 1 is 1.20 bits per heavy atom. The first-order valence-electron chi connectivity index (χ1n) is 9.52. The summed E-state index contributed by atoms with van der Waals surface area (Å²) in [4.78, 5) is 54.4. The van der Waals surface area contributed by atoms with Gasteiger partial charge < -0.3 is 24.2 Å². The molecule has 1 saturated heterocycles. The molecule has 1 aliphatic rings. The lowest BCUT2D eigenvalue weighted by Gasteiger charge is -2.23. The lowest BCUT2D eigenvalue weighted by Crippen LogP contribution is -2.33. The van der Waals surface area contributed by atoms with Gasteiger partial charge in [0.15, 0.2) is 0 Å². The summed E-state index contributed by atoms with van der Waals surface area (Å²) in [5, 5.41) is 0. The van der Waals surface area contributed by atoms with Crippen LogP contribution in [0.2, 0.25) is 0 Å². The number of phosphoric ester groups is 2. The molecule has 1 fully saturated rings. The van der Waals surface area contributed by atoms with Crippen molar-refractivity contribution in [3.05, 3.63) is 32.6 Å². The SMILES string of the molecule is COP(=O)(O)OP(=O)(O)OP(=O)(O)OC[C@H]1O[C@@H](n2cc(C)c(=O)[nH]c2=O)CC1O[C@@H](C)SSC. The van der Waals surface area contributed by atoms with Crippen molar-refractivity contribution in [3.63, 3.8) is 0 Å². The normalized spacial score (nSPS) is 26.5. The van der Waals surface area contributed by atoms with Crippen molar-refractivity contribution in [1.82, 2.24) is 9.55 Å². The van der Waals surface area contributed by atoms with E-state index in [0.717, 1.165) is 4.57 Å². The molecule has 35 heavy (non-hydrogen) atoms. The molecule has 4 unspecified atom stereocenters. The summed E-state index contributed by atoms with van der Waals surface area (Å²) in [5.41, 5.74) is -1.46. The highest BCUT2D eigenvalue weighted by molar-refractivity contribution is 8.76. The molecule has 1 aromatic heterocycles. The maximum absolute atomic E-state index is 12.2. The van der Waals surface area contributed by atoms with Gasteiger partial charge in [-0.2, -0.15) is 8.62 Å². The molecule has 2 heterocycles. The predicted octanol–water partition coefficient (Wildman–Crippen LogP) is 1.87. The third-order valence-electron chi connectivity index (χ3n) is 4.28. The fourth-order valence-corrected chi connectivity index (χ4v) is 7.54. The van der Waals surface area contributed by atoms with E-state index in [1.54, 1.807) is 6.92 Å². The van der Waals surface area contributed by atoms with E-state index in [2.05, 4.69) is 18.1 Å². The van der Waals surface area contributed by atoms with Crippen LogP contribution in [-0.4, -0.2) is 61.8 Å². The first-order chi connectivity index (χ1) is 16.1. The molecule has 16 nitrogen and oxygen atoms in total. The lowest BCUT2D eigenvalue weighted by molar-refractivity contribution is -0.0634. The second-order valence-electron chi connectivity index (χ2n) is 6.90. The molecular formula is C14H25N2O14P3S2. The third kappa shape index (κ3) is 9.51. The Labute approximate surface area is 206 Å². The highest BCUT2D eigenvalue weighted by Gasteiger charge is 2.44. The van der Waals surface area contributed by atoms with Crippen LogP contribution in [0.15, 0.2) is 15.8 Å². The summed E-state index contributed by atoms with van der Waals surface area (Å²) in [7, 11) is -12.5. The van der Waals surface area contributed by atoms with Gasteiger partial charge in [0.2, 0.25) is 0 Å². The van der Waals surface area contributed by atoms with Crippen LogP contribution in [0.1, 0.15) is 25.1 Å². The topological polar surface area (TPSA) is 222 Å². The van der Waals surface area contributed by atoms with E-state index in [-0.39, 0.29) is 17.4 Å². The first-order valence-corrected chi connectivity index (χ1v) is 16.6. The average molecular weight is 602 g/mol. The van der Waals surface area contributed by atoms with Crippen LogP contribution in [0.25, 0.3) is 0 Å². The molecule has 1 aliphatic heterocycles. The van der Waals surface area contributed by atoms with Crippen molar-refractivity contribution < 1.29 is 55.5 Å². The number of nitrogens with one attached hydrogen (secondary N) is 1. The molecular weight excluding hydrogens is 577 g/mol. The number of aryl methyl sites for hydroxylation is 1.